The van der Waals surface area contributed by atoms with Crippen molar-refractivity contribution >= 4 is 19.1 Å². The lowest BCUT2D eigenvalue weighted by atomic mass is 9.90. The van der Waals surface area contributed by atoms with Crippen LogP contribution in [0.25, 0.3) is 0 Å². The molecule has 0 fully saturated rings. The zero-order valence-electron chi connectivity index (χ0n) is 11.9. The van der Waals surface area contributed by atoms with Crippen LogP contribution in [-0.2, 0) is 9.09 Å². The Bertz CT molecular complexity index is 443. The third-order valence-electron chi connectivity index (χ3n) is 3.37. The smallest absolute Gasteiger partial charge is 0.221 e. The van der Waals surface area contributed by atoms with Crippen LogP contribution in [0.2, 0.25) is 0 Å². The molecule has 1 rings (SSSR count). The largest absolute Gasteiger partial charge is 0.331 e. The highest BCUT2D eigenvalue weighted by molar-refractivity contribution is 7.48. The summed E-state index contributed by atoms with van der Waals surface area (Å²) in [5, 5.41) is 0.551. The second-order valence-electron chi connectivity index (χ2n) is 4.65. The van der Waals surface area contributed by atoms with Gasteiger partial charge in [0.05, 0.1) is 0 Å². The van der Waals surface area contributed by atoms with Gasteiger partial charge in [0, 0.05) is 23.9 Å². The third-order valence-corrected chi connectivity index (χ3v) is 4.61. The number of hydrogen-bond acceptors (Lipinski definition) is 3. The molecule has 1 aromatic carbocycles. The summed E-state index contributed by atoms with van der Waals surface area (Å²) in [6, 6.07) is 7.09. The van der Waals surface area contributed by atoms with Crippen LogP contribution in [0.4, 0.5) is 0 Å². The number of rotatable bonds is 8. The van der Waals surface area contributed by atoms with E-state index in [1.165, 1.54) is 7.11 Å². The molecule has 19 heavy (non-hydrogen) atoms. The normalized spacial score (nSPS) is 14.1. The molecular formula is C15H23O3P. The van der Waals surface area contributed by atoms with Gasteiger partial charge in [-0.05, 0) is 18.9 Å². The molecule has 4 heteroatoms. The molecule has 0 heterocycles. The monoisotopic (exact) mass is 282 g/mol. The van der Waals surface area contributed by atoms with Gasteiger partial charge in [-0.1, -0.05) is 44.9 Å². The van der Waals surface area contributed by atoms with E-state index in [1.54, 1.807) is 18.2 Å². The molecule has 0 amide bonds. The van der Waals surface area contributed by atoms with Gasteiger partial charge in [-0.25, -0.2) is 0 Å². The van der Waals surface area contributed by atoms with Crippen molar-refractivity contribution in [2.75, 3.05) is 7.11 Å². The minimum atomic E-state index is -2.31. The molecule has 0 N–H and O–H groups in total. The zero-order chi connectivity index (χ0) is 14.3. The lowest BCUT2D eigenvalue weighted by Crippen LogP contribution is -2.20. The Labute approximate surface area is 116 Å². The molecule has 0 saturated heterocycles. The first-order valence-electron chi connectivity index (χ1n) is 6.87. The molecule has 0 bridgehead atoms. The van der Waals surface area contributed by atoms with Crippen molar-refractivity contribution in [3.8, 4) is 0 Å². The van der Waals surface area contributed by atoms with Crippen LogP contribution in [0, 0.1) is 5.92 Å². The first-order valence-corrected chi connectivity index (χ1v) is 8.18. The first kappa shape index (κ1) is 16.1. The van der Waals surface area contributed by atoms with Gasteiger partial charge in [0.25, 0.3) is 0 Å². The van der Waals surface area contributed by atoms with Crippen molar-refractivity contribution in [2.24, 2.45) is 5.92 Å². The van der Waals surface area contributed by atoms with Crippen molar-refractivity contribution in [1.29, 1.82) is 0 Å². The molecule has 106 valence electrons. The average Bonchev–Trinajstić information content (AvgIpc) is 2.47. The Kier molecular flexibility index (Phi) is 7.04. The minimum absolute atomic E-state index is 0.0211. The second kappa shape index (κ2) is 8.29. The molecule has 0 aliphatic heterocycles. The summed E-state index contributed by atoms with van der Waals surface area (Å²) in [5.74, 6) is 0.120. The summed E-state index contributed by atoms with van der Waals surface area (Å²) in [6.07, 6.45) is 3.85. The van der Waals surface area contributed by atoms with Crippen molar-refractivity contribution in [3.05, 3.63) is 29.8 Å². The summed E-state index contributed by atoms with van der Waals surface area (Å²) >= 11 is 0. The maximum absolute atomic E-state index is 12.5. The van der Waals surface area contributed by atoms with E-state index >= 15 is 0 Å². The lowest BCUT2D eigenvalue weighted by Gasteiger charge is -2.15. The predicted octanol–water partition coefficient (Wildman–Crippen LogP) is 3.83. The van der Waals surface area contributed by atoms with Gasteiger partial charge in [0.15, 0.2) is 5.78 Å². The summed E-state index contributed by atoms with van der Waals surface area (Å²) in [6.45, 7) is 4.15. The van der Waals surface area contributed by atoms with Crippen LogP contribution in [-0.4, -0.2) is 12.9 Å². The lowest BCUT2D eigenvalue weighted by molar-refractivity contribution is 0.0909. The van der Waals surface area contributed by atoms with E-state index in [4.69, 9.17) is 4.52 Å². The van der Waals surface area contributed by atoms with Crippen molar-refractivity contribution in [3.63, 3.8) is 0 Å². The van der Waals surface area contributed by atoms with Gasteiger partial charge >= 0.3 is 0 Å². The first-order chi connectivity index (χ1) is 9.15. The van der Waals surface area contributed by atoms with Crippen LogP contribution >= 0.6 is 8.03 Å². The predicted molar refractivity (Wildman–Crippen MR) is 79.7 cm³/mol. The second-order valence-corrected chi connectivity index (χ2v) is 6.17. The van der Waals surface area contributed by atoms with Crippen molar-refractivity contribution in [1.82, 2.24) is 0 Å². The Balaban J connectivity index is 3.00. The van der Waals surface area contributed by atoms with Crippen LogP contribution in [0.5, 0.6) is 0 Å². The number of carbonyl (C=O) groups excluding carboxylic acids is 1. The van der Waals surface area contributed by atoms with E-state index in [-0.39, 0.29) is 11.7 Å². The number of carbonyl (C=O) groups is 1. The SMILES string of the molecule is CCCCC(CC)C(=O)c1ccccc1[PH](=O)OC. The molecule has 1 aromatic rings. The fourth-order valence-electron chi connectivity index (χ4n) is 2.18. The number of ketones is 1. The molecular weight excluding hydrogens is 259 g/mol. The summed E-state index contributed by atoms with van der Waals surface area (Å²) in [7, 11) is -0.899. The maximum atomic E-state index is 12.5. The Hall–Kier alpha value is -0.920. The summed E-state index contributed by atoms with van der Waals surface area (Å²) in [4.78, 5) is 12.5. The van der Waals surface area contributed by atoms with E-state index in [0.29, 0.717) is 10.9 Å². The number of benzene rings is 1. The van der Waals surface area contributed by atoms with Crippen LogP contribution < -0.4 is 5.30 Å². The zero-order valence-corrected chi connectivity index (χ0v) is 12.9. The quantitative estimate of drug-likeness (QED) is 0.537. The van der Waals surface area contributed by atoms with Gasteiger partial charge in [-0.15, -0.1) is 0 Å². The average molecular weight is 282 g/mol. The molecule has 0 spiro atoms. The van der Waals surface area contributed by atoms with E-state index < -0.39 is 8.03 Å². The van der Waals surface area contributed by atoms with Crippen LogP contribution in [0.15, 0.2) is 24.3 Å². The van der Waals surface area contributed by atoms with Crippen LogP contribution in [0.1, 0.15) is 49.9 Å². The topological polar surface area (TPSA) is 43.4 Å². The number of Topliss-reactive ketones (excluding diaryl/α,β-unsaturated/α-hetero) is 1. The Morgan fingerprint density at radius 1 is 1.32 bits per heavy atom. The van der Waals surface area contributed by atoms with Gasteiger partial charge in [-0.3, -0.25) is 9.36 Å². The van der Waals surface area contributed by atoms with Gasteiger partial charge in [-0.2, -0.15) is 0 Å². The molecule has 0 aliphatic carbocycles. The molecule has 0 saturated carbocycles. The van der Waals surface area contributed by atoms with Gasteiger partial charge in [0.1, 0.15) is 0 Å². The molecule has 3 nitrogen and oxygen atoms in total. The third kappa shape index (κ3) is 4.29. The van der Waals surface area contributed by atoms with E-state index in [9.17, 15) is 9.36 Å². The summed E-state index contributed by atoms with van der Waals surface area (Å²) < 4.78 is 16.8. The minimum Gasteiger partial charge on any atom is -0.331 e. The van der Waals surface area contributed by atoms with Gasteiger partial charge < -0.3 is 4.52 Å². The van der Waals surface area contributed by atoms with Crippen molar-refractivity contribution < 1.29 is 13.9 Å². The standard InChI is InChI=1S/C15H23O3P/c1-4-6-9-12(5-2)15(16)13-10-7-8-11-14(13)19(17)18-3/h7-8,10-12,19H,4-6,9H2,1-3H3. The highest BCUT2D eigenvalue weighted by Crippen LogP contribution is 2.25. The Morgan fingerprint density at radius 2 is 2.00 bits per heavy atom. The fraction of sp³-hybridized carbons (Fsp3) is 0.533. The highest BCUT2D eigenvalue weighted by atomic mass is 31.1. The molecule has 0 aromatic heterocycles. The van der Waals surface area contributed by atoms with Gasteiger partial charge in [0.2, 0.25) is 8.03 Å². The van der Waals surface area contributed by atoms with Crippen LogP contribution in [0.3, 0.4) is 0 Å². The maximum Gasteiger partial charge on any atom is 0.221 e. The highest BCUT2D eigenvalue weighted by Gasteiger charge is 2.22. The molecule has 0 aliphatic rings. The summed E-state index contributed by atoms with van der Waals surface area (Å²) in [5.41, 5.74) is 0.566. The number of unbranched alkanes of at least 4 members (excludes halogenated alkanes) is 1. The van der Waals surface area contributed by atoms with Crippen molar-refractivity contribution in [2.45, 2.75) is 39.5 Å². The van der Waals surface area contributed by atoms with E-state index in [1.807, 2.05) is 13.0 Å². The number of hydrogen-bond donors (Lipinski definition) is 0. The molecule has 0 radical (unpaired) electrons. The Morgan fingerprint density at radius 3 is 2.58 bits per heavy atom. The molecule has 2 atom stereocenters. The fourth-order valence-corrected chi connectivity index (χ4v) is 3.06. The van der Waals surface area contributed by atoms with E-state index in [0.717, 1.165) is 25.7 Å². The van der Waals surface area contributed by atoms with E-state index in [2.05, 4.69) is 6.92 Å². The molecule has 2 unspecified atom stereocenters.